The van der Waals surface area contributed by atoms with E-state index >= 15 is 0 Å². The molecule has 1 spiro atoms. The monoisotopic (exact) mass is 308 g/mol. The molecule has 2 nitrogen and oxygen atoms in total. The van der Waals surface area contributed by atoms with Crippen molar-refractivity contribution in [3.05, 3.63) is 0 Å². The maximum atomic E-state index is 2.76. The third kappa shape index (κ3) is 4.71. The first-order chi connectivity index (χ1) is 10.5. The van der Waals surface area contributed by atoms with Gasteiger partial charge in [-0.15, -0.1) is 0 Å². The molecule has 0 radical (unpaired) electrons. The van der Waals surface area contributed by atoms with Crippen molar-refractivity contribution >= 4 is 0 Å². The highest BCUT2D eigenvalue weighted by Gasteiger charge is 2.44. The predicted molar refractivity (Wildman–Crippen MR) is 97.4 cm³/mol. The molecule has 1 aliphatic carbocycles. The van der Waals surface area contributed by atoms with Gasteiger partial charge in [-0.25, -0.2) is 0 Å². The van der Waals surface area contributed by atoms with Crippen molar-refractivity contribution in [2.75, 3.05) is 40.3 Å². The lowest BCUT2D eigenvalue weighted by Crippen LogP contribution is -2.36. The summed E-state index contributed by atoms with van der Waals surface area (Å²) in [6.45, 7) is 10.1. The minimum absolute atomic E-state index is 0.697. The highest BCUT2D eigenvalue weighted by molar-refractivity contribution is 4.97. The van der Waals surface area contributed by atoms with Crippen molar-refractivity contribution < 1.29 is 0 Å². The maximum absolute atomic E-state index is 2.76. The van der Waals surface area contributed by atoms with E-state index in [9.17, 15) is 0 Å². The normalized spacial score (nSPS) is 33.1. The Bertz CT molecular complexity index is 316. The van der Waals surface area contributed by atoms with E-state index < -0.39 is 0 Å². The summed E-state index contributed by atoms with van der Waals surface area (Å²) in [6.07, 6.45) is 14.6. The summed E-state index contributed by atoms with van der Waals surface area (Å²) in [5.41, 5.74) is 1.41. The van der Waals surface area contributed by atoms with Crippen LogP contribution in [0.5, 0.6) is 0 Å². The van der Waals surface area contributed by atoms with Gasteiger partial charge in [0.05, 0.1) is 0 Å². The van der Waals surface area contributed by atoms with Gasteiger partial charge in [0, 0.05) is 6.54 Å². The van der Waals surface area contributed by atoms with Crippen LogP contribution in [0.4, 0.5) is 0 Å². The number of hydrogen-bond donors (Lipinski definition) is 0. The maximum Gasteiger partial charge on any atom is 0.00385 e. The molecule has 2 rings (SSSR count). The van der Waals surface area contributed by atoms with Gasteiger partial charge < -0.3 is 9.80 Å². The largest absolute Gasteiger partial charge is 0.309 e. The summed E-state index contributed by atoms with van der Waals surface area (Å²) in [5, 5.41) is 0. The summed E-state index contributed by atoms with van der Waals surface area (Å²) >= 11 is 0. The number of nitrogens with zero attached hydrogens (tertiary/aromatic N) is 2. The van der Waals surface area contributed by atoms with Crippen LogP contribution in [0.15, 0.2) is 0 Å². The van der Waals surface area contributed by atoms with Gasteiger partial charge in [0.2, 0.25) is 0 Å². The average molecular weight is 309 g/mol. The van der Waals surface area contributed by atoms with Gasteiger partial charge in [0.25, 0.3) is 0 Å². The Kier molecular flexibility index (Phi) is 6.76. The molecule has 1 saturated heterocycles. The van der Waals surface area contributed by atoms with Crippen molar-refractivity contribution in [1.82, 2.24) is 9.80 Å². The third-order valence-corrected chi connectivity index (χ3v) is 6.78. The van der Waals surface area contributed by atoms with Crippen molar-refractivity contribution in [3.8, 4) is 0 Å². The van der Waals surface area contributed by atoms with Crippen molar-refractivity contribution in [1.29, 1.82) is 0 Å². The molecule has 1 heterocycles. The molecule has 130 valence electrons. The third-order valence-electron chi connectivity index (χ3n) is 6.78. The lowest BCUT2D eigenvalue weighted by atomic mass is 9.61. The van der Waals surface area contributed by atoms with Crippen molar-refractivity contribution in [2.45, 2.75) is 78.1 Å². The molecule has 2 heteroatoms. The summed E-state index contributed by atoms with van der Waals surface area (Å²) in [4.78, 5) is 5.07. The van der Waals surface area contributed by atoms with Crippen LogP contribution in [0.1, 0.15) is 78.1 Å². The number of hydrogen-bond acceptors (Lipinski definition) is 2. The van der Waals surface area contributed by atoms with Gasteiger partial charge in [-0.05, 0) is 89.5 Å². The lowest BCUT2D eigenvalue weighted by molar-refractivity contribution is 0.0678. The Morgan fingerprint density at radius 3 is 2.27 bits per heavy atom. The fraction of sp³-hybridized carbons (Fsp3) is 1.00. The van der Waals surface area contributed by atoms with E-state index in [0.29, 0.717) is 10.8 Å². The first-order valence-corrected chi connectivity index (χ1v) is 9.90. The molecule has 2 fully saturated rings. The summed E-state index contributed by atoms with van der Waals surface area (Å²) in [5.74, 6) is 0. The van der Waals surface area contributed by atoms with Gasteiger partial charge in [0.1, 0.15) is 0 Å². The summed E-state index contributed by atoms with van der Waals surface area (Å²) in [6, 6.07) is 0. The summed E-state index contributed by atoms with van der Waals surface area (Å²) in [7, 11) is 4.38. The second-order valence-corrected chi connectivity index (χ2v) is 8.64. The predicted octanol–water partition coefficient (Wildman–Crippen LogP) is 4.79. The molecule has 1 aliphatic heterocycles. The van der Waals surface area contributed by atoms with Crippen LogP contribution in [0.3, 0.4) is 0 Å². The molecular weight excluding hydrogens is 268 g/mol. The molecule has 0 bridgehead atoms. The zero-order valence-corrected chi connectivity index (χ0v) is 15.8. The van der Waals surface area contributed by atoms with E-state index in [-0.39, 0.29) is 0 Å². The highest BCUT2D eigenvalue weighted by atomic mass is 15.2. The van der Waals surface area contributed by atoms with Gasteiger partial charge in [-0.3, -0.25) is 0 Å². The molecule has 0 aromatic heterocycles. The number of rotatable bonds is 8. The molecule has 22 heavy (non-hydrogen) atoms. The van der Waals surface area contributed by atoms with Crippen LogP contribution in [0, 0.1) is 10.8 Å². The van der Waals surface area contributed by atoms with Crippen LogP contribution >= 0.6 is 0 Å². The highest BCUT2D eigenvalue weighted by Crippen LogP contribution is 2.53. The minimum Gasteiger partial charge on any atom is -0.309 e. The molecule has 0 aromatic carbocycles. The second-order valence-electron chi connectivity index (χ2n) is 8.64. The van der Waals surface area contributed by atoms with E-state index in [1.54, 1.807) is 0 Å². The number of likely N-dealkylation sites (tertiary alicyclic amines) is 1. The molecule has 0 N–H and O–H groups in total. The SMILES string of the molecule is CCCCC1(CC)CCC2(CCN(CCCN(C)C)C2)CC1. The van der Waals surface area contributed by atoms with E-state index in [2.05, 4.69) is 37.7 Å². The van der Waals surface area contributed by atoms with Crippen LogP contribution in [0.25, 0.3) is 0 Å². The Labute approximate surface area is 139 Å². The first-order valence-electron chi connectivity index (χ1n) is 9.90. The Hall–Kier alpha value is -0.0800. The van der Waals surface area contributed by atoms with Crippen molar-refractivity contribution in [2.24, 2.45) is 10.8 Å². The molecular formula is C20H40N2. The van der Waals surface area contributed by atoms with Gasteiger partial charge >= 0.3 is 0 Å². The van der Waals surface area contributed by atoms with Crippen LogP contribution in [-0.2, 0) is 0 Å². The fourth-order valence-electron chi connectivity index (χ4n) is 4.88. The van der Waals surface area contributed by atoms with Gasteiger partial charge in [-0.1, -0.05) is 33.1 Å². The zero-order chi connectivity index (χ0) is 16.1. The fourth-order valence-corrected chi connectivity index (χ4v) is 4.88. The topological polar surface area (TPSA) is 6.48 Å². The summed E-state index contributed by atoms with van der Waals surface area (Å²) < 4.78 is 0. The van der Waals surface area contributed by atoms with E-state index in [1.807, 2.05) is 0 Å². The Morgan fingerprint density at radius 1 is 0.955 bits per heavy atom. The Morgan fingerprint density at radius 2 is 1.68 bits per heavy atom. The lowest BCUT2D eigenvalue weighted by Gasteiger charge is -2.45. The van der Waals surface area contributed by atoms with Crippen LogP contribution < -0.4 is 0 Å². The second kappa shape index (κ2) is 8.15. The molecule has 1 saturated carbocycles. The molecule has 0 atom stereocenters. The van der Waals surface area contributed by atoms with Gasteiger partial charge in [0.15, 0.2) is 0 Å². The zero-order valence-electron chi connectivity index (χ0n) is 15.8. The Balaban J connectivity index is 1.78. The number of unbranched alkanes of at least 4 members (excludes halogenated alkanes) is 1. The molecule has 0 aromatic rings. The first kappa shape index (κ1) is 18.3. The van der Waals surface area contributed by atoms with E-state index in [1.165, 1.54) is 90.4 Å². The van der Waals surface area contributed by atoms with Crippen LogP contribution in [-0.4, -0.2) is 50.1 Å². The van der Waals surface area contributed by atoms with Crippen molar-refractivity contribution in [3.63, 3.8) is 0 Å². The smallest absolute Gasteiger partial charge is 0.00385 e. The molecule has 0 amide bonds. The van der Waals surface area contributed by atoms with Crippen LogP contribution in [0.2, 0.25) is 0 Å². The van der Waals surface area contributed by atoms with E-state index in [0.717, 1.165) is 0 Å². The van der Waals surface area contributed by atoms with Gasteiger partial charge in [-0.2, -0.15) is 0 Å². The quantitative estimate of drug-likeness (QED) is 0.636. The van der Waals surface area contributed by atoms with E-state index in [4.69, 9.17) is 0 Å². The standard InChI is InChI=1S/C20H40N2/c1-5-7-9-19(6-2)10-12-20(13-11-19)14-17-22(18-20)16-8-15-21(3)4/h5-18H2,1-4H3. The molecule has 0 unspecified atom stereocenters. The minimum atomic E-state index is 0.697. The average Bonchev–Trinajstić information content (AvgIpc) is 2.90. The molecule has 2 aliphatic rings.